The first kappa shape index (κ1) is 14.8. The maximum atomic E-state index is 11.8. The van der Waals surface area contributed by atoms with Gasteiger partial charge in [-0.2, -0.15) is 0 Å². The maximum Gasteiger partial charge on any atom is 0.319 e. The second-order valence-corrected chi connectivity index (χ2v) is 4.91. The van der Waals surface area contributed by atoms with Crippen molar-refractivity contribution in [3.8, 4) is 0 Å². The molecule has 1 heterocycles. The summed E-state index contributed by atoms with van der Waals surface area (Å²) in [6.07, 6.45) is 0.986. The predicted octanol–water partition coefficient (Wildman–Crippen LogP) is 0.714. The molecule has 3 amide bonds. The summed E-state index contributed by atoms with van der Waals surface area (Å²) in [5, 5.41) is 16.8. The highest BCUT2D eigenvalue weighted by atomic mass is 16.4. The number of carboxylic acid groups (broad SMARTS) is 1. The second kappa shape index (κ2) is 6.74. The maximum absolute atomic E-state index is 11.8. The van der Waals surface area contributed by atoms with Crippen molar-refractivity contribution in [2.75, 3.05) is 11.9 Å². The Morgan fingerprint density at radius 2 is 2.00 bits per heavy atom. The number of rotatable bonds is 4. The highest BCUT2D eigenvalue weighted by Gasteiger charge is 2.19. The molecule has 0 bridgehead atoms. The van der Waals surface area contributed by atoms with E-state index in [0.29, 0.717) is 30.6 Å². The summed E-state index contributed by atoms with van der Waals surface area (Å²) in [7, 11) is 0. The highest BCUT2D eigenvalue weighted by molar-refractivity contribution is 5.89. The largest absolute Gasteiger partial charge is 0.481 e. The van der Waals surface area contributed by atoms with Crippen LogP contribution in [-0.4, -0.2) is 35.6 Å². The van der Waals surface area contributed by atoms with Crippen molar-refractivity contribution in [2.45, 2.75) is 25.3 Å². The van der Waals surface area contributed by atoms with Crippen molar-refractivity contribution >= 4 is 23.6 Å². The van der Waals surface area contributed by atoms with Crippen LogP contribution in [0.5, 0.6) is 0 Å². The number of benzene rings is 1. The summed E-state index contributed by atoms with van der Waals surface area (Å²) in [5.41, 5.74) is 1.25. The van der Waals surface area contributed by atoms with Crippen LogP contribution in [0.1, 0.15) is 18.4 Å². The average Bonchev–Trinajstić information content (AvgIpc) is 2.43. The number of aliphatic carboxylic acids is 1. The lowest BCUT2D eigenvalue weighted by Crippen LogP contribution is -2.48. The predicted molar refractivity (Wildman–Crippen MR) is 76.0 cm³/mol. The number of carbonyl (C=O) groups excluding carboxylic acids is 2. The van der Waals surface area contributed by atoms with Gasteiger partial charge in [0.25, 0.3) is 0 Å². The molecule has 1 aliphatic heterocycles. The number of anilines is 1. The van der Waals surface area contributed by atoms with Crippen LogP contribution in [0.25, 0.3) is 0 Å². The Morgan fingerprint density at radius 1 is 1.29 bits per heavy atom. The van der Waals surface area contributed by atoms with E-state index in [2.05, 4.69) is 16.0 Å². The van der Waals surface area contributed by atoms with E-state index in [9.17, 15) is 14.4 Å². The Kier molecular flexibility index (Phi) is 4.76. The van der Waals surface area contributed by atoms with Crippen LogP contribution in [0.15, 0.2) is 24.3 Å². The first-order valence-corrected chi connectivity index (χ1v) is 6.68. The molecule has 2 rings (SSSR count). The van der Waals surface area contributed by atoms with Crippen LogP contribution in [0.2, 0.25) is 0 Å². The van der Waals surface area contributed by atoms with Crippen molar-refractivity contribution in [1.82, 2.24) is 10.6 Å². The summed E-state index contributed by atoms with van der Waals surface area (Å²) in [6, 6.07) is 6.20. The van der Waals surface area contributed by atoms with Crippen LogP contribution >= 0.6 is 0 Å². The van der Waals surface area contributed by atoms with Gasteiger partial charge in [0.05, 0.1) is 6.42 Å². The van der Waals surface area contributed by atoms with E-state index in [4.69, 9.17) is 5.11 Å². The topological polar surface area (TPSA) is 108 Å². The normalized spacial score (nSPS) is 17.7. The minimum absolute atomic E-state index is 0.00229. The van der Waals surface area contributed by atoms with Crippen molar-refractivity contribution in [3.63, 3.8) is 0 Å². The van der Waals surface area contributed by atoms with Crippen LogP contribution in [-0.2, 0) is 16.0 Å². The monoisotopic (exact) mass is 291 g/mol. The van der Waals surface area contributed by atoms with Gasteiger partial charge in [0.1, 0.15) is 0 Å². The zero-order chi connectivity index (χ0) is 15.2. The molecule has 0 aliphatic carbocycles. The highest BCUT2D eigenvalue weighted by Crippen LogP contribution is 2.10. The van der Waals surface area contributed by atoms with Gasteiger partial charge in [0.15, 0.2) is 0 Å². The molecular weight excluding hydrogens is 274 g/mol. The molecule has 1 aromatic rings. The molecule has 0 aromatic heterocycles. The Labute approximate surface area is 121 Å². The van der Waals surface area contributed by atoms with Crippen molar-refractivity contribution in [1.29, 1.82) is 0 Å². The molecule has 1 aromatic carbocycles. The Balaban J connectivity index is 1.82. The van der Waals surface area contributed by atoms with E-state index in [-0.39, 0.29) is 24.4 Å². The zero-order valence-electron chi connectivity index (χ0n) is 11.4. The van der Waals surface area contributed by atoms with Crippen LogP contribution in [0, 0.1) is 0 Å². The lowest BCUT2D eigenvalue weighted by Gasteiger charge is -2.23. The number of amides is 3. The molecule has 4 N–H and O–H groups in total. The third-order valence-corrected chi connectivity index (χ3v) is 3.17. The summed E-state index contributed by atoms with van der Waals surface area (Å²) >= 11 is 0. The van der Waals surface area contributed by atoms with Crippen LogP contribution < -0.4 is 16.0 Å². The van der Waals surface area contributed by atoms with Crippen molar-refractivity contribution < 1.29 is 19.5 Å². The van der Waals surface area contributed by atoms with Gasteiger partial charge in [-0.05, 0) is 24.1 Å². The number of urea groups is 1. The smallest absolute Gasteiger partial charge is 0.319 e. The molecule has 112 valence electrons. The van der Waals surface area contributed by atoms with Gasteiger partial charge in [0.2, 0.25) is 5.91 Å². The fourth-order valence-corrected chi connectivity index (χ4v) is 2.09. The quantitative estimate of drug-likeness (QED) is 0.655. The molecule has 0 spiro atoms. The zero-order valence-corrected chi connectivity index (χ0v) is 11.4. The Hall–Kier alpha value is -2.57. The molecule has 7 nitrogen and oxygen atoms in total. The van der Waals surface area contributed by atoms with Gasteiger partial charge in [-0.3, -0.25) is 9.59 Å². The molecule has 1 aliphatic rings. The molecule has 21 heavy (non-hydrogen) atoms. The van der Waals surface area contributed by atoms with E-state index >= 15 is 0 Å². The number of piperidine rings is 1. The number of hydrogen-bond donors (Lipinski definition) is 4. The molecule has 1 unspecified atom stereocenters. The van der Waals surface area contributed by atoms with Gasteiger partial charge >= 0.3 is 12.0 Å². The summed E-state index contributed by atoms with van der Waals surface area (Å²) in [5.74, 6) is -0.893. The minimum atomic E-state index is -0.896. The summed E-state index contributed by atoms with van der Waals surface area (Å²) < 4.78 is 0. The molecule has 1 saturated heterocycles. The molecule has 0 saturated carbocycles. The lowest BCUT2D eigenvalue weighted by molar-refractivity contribution is -0.136. The van der Waals surface area contributed by atoms with E-state index < -0.39 is 5.97 Å². The van der Waals surface area contributed by atoms with Crippen LogP contribution in [0.4, 0.5) is 10.5 Å². The van der Waals surface area contributed by atoms with Gasteiger partial charge in [-0.1, -0.05) is 12.1 Å². The average molecular weight is 291 g/mol. The number of carbonyl (C=O) groups is 3. The molecule has 1 atom stereocenters. The minimum Gasteiger partial charge on any atom is -0.481 e. The van der Waals surface area contributed by atoms with Crippen molar-refractivity contribution in [3.05, 3.63) is 29.8 Å². The molecule has 1 fully saturated rings. The van der Waals surface area contributed by atoms with Gasteiger partial charge in [-0.15, -0.1) is 0 Å². The van der Waals surface area contributed by atoms with E-state index in [0.717, 1.165) is 0 Å². The van der Waals surface area contributed by atoms with Gasteiger partial charge in [0, 0.05) is 24.7 Å². The molecule has 0 radical (unpaired) electrons. The SMILES string of the molecule is O=C(O)Cc1ccc(NC(=O)NC2CCC(=O)NC2)cc1. The van der Waals surface area contributed by atoms with E-state index in [1.165, 1.54) is 0 Å². The number of hydrogen-bond acceptors (Lipinski definition) is 3. The lowest BCUT2D eigenvalue weighted by atomic mass is 10.1. The fraction of sp³-hybridized carbons (Fsp3) is 0.357. The number of carboxylic acids is 1. The van der Waals surface area contributed by atoms with Gasteiger partial charge < -0.3 is 21.1 Å². The third kappa shape index (κ3) is 4.79. The van der Waals surface area contributed by atoms with E-state index in [1.54, 1.807) is 24.3 Å². The standard InChI is InChI=1S/C14H17N3O4/c18-12-6-5-11(8-15-12)17-14(21)16-10-3-1-9(2-4-10)7-13(19)20/h1-4,11H,5-8H2,(H,15,18)(H,19,20)(H2,16,17,21). The molecule has 7 heteroatoms. The Morgan fingerprint density at radius 3 is 2.57 bits per heavy atom. The summed E-state index contributed by atoms with van der Waals surface area (Å²) in [6.45, 7) is 0.434. The third-order valence-electron chi connectivity index (χ3n) is 3.17. The first-order valence-electron chi connectivity index (χ1n) is 6.68. The van der Waals surface area contributed by atoms with E-state index in [1.807, 2.05) is 0 Å². The Bertz CT molecular complexity index is 532. The van der Waals surface area contributed by atoms with Crippen LogP contribution in [0.3, 0.4) is 0 Å². The van der Waals surface area contributed by atoms with Gasteiger partial charge in [-0.25, -0.2) is 4.79 Å². The molecular formula is C14H17N3O4. The van der Waals surface area contributed by atoms with Crippen molar-refractivity contribution in [2.24, 2.45) is 0 Å². The fourth-order valence-electron chi connectivity index (χ4n) is 2.09. The first-order chi connectivity index (χ1) is 10.0. The summed E-state index contributed by atoms with van der Waals surface area (Å²) in [4.78, 5) is 33.4. The number of nitrogens with one attached hydrogen (secondary N) is 3. The second-order valence-electron chi connectivity index (χ2n) is 4.91.